The van der Waals surface area contributed by atoms with Crippen molar-refractivity contribution in [3.8, 4) is 0 Å². The maximum atomic E-state index is 6.04. The lowest BCUT2D eigenvalue weighted by atomic mass is 9.62. The third-order valence-corrected chi connectivity index (χ3v) is 3.47. The predicted octanol–water partition coefficient (Wildman–Crippen LogP) is 1.20. The molecule has 0 amide bonds. The summed E-state index contributed by atoms with van der Waals surface area (Å²) in [4.78, 5) is 0. The fourth-order valence-electron chi connectivity index (χ4n) is 0.959. The van der Waals surface area contributed by atoms with Crippen molar-refractivity contribution in [3.05, 3.63) is 0 Å². The van der Waals surface area contributed by atoms with Gasteiger partial charge in [0.2, 0.25) is 0 Å². The van der Waals surface area contributed by atoms with Crippen LogP contribution in [0.1, 0.15) is 41.5 Å². The van der Waals surface area contributed by atoms with Gasteiger partial charge in [-0.2, -0.15) is 0 Å². The first-order valence-electron chi connectivity index (χ1n) is 4.33. The third-order valence-electron chi connectivity index (χ3n) is 3.47. The van der Waals surface area contributed by atoms with Crippen LogP contribution in [0.3, 0.4) is 0 Å². The number of rotatable bonds is 2. The molecule has 1 unspecified atom stereocenters. The summed E-state index contributed by atoms with van der Waals surface area (Å²) in [6, 6.07) is 0. The molecule has 0 bridgehead atoms. The van der Waals surface area contributed by atoms with E-state index in [4.69, 9.17) is 11.6 Å². The van der Waals surface area contributed by atoms with Crippen LogP contribution in [0.25, 0.3) is 0 Å². The zero-order valence-electron chi connectivity index (χ0n) is 9.15. The Balaban J connectivity index is 4.85. The molecular weight excluding hydrogens is 150 g/mol. The minimum absolute atomic E-state index is 0.0747. The van der Waals surface area contributed by atoms with Crippen LogP contribution in [0.2, 0.25) is 0 Å². The molecule has 0 aliphatic rings. The average Bonchev–Trinajstić information content (AvgIpc) is 1.85. The Bertz CT molecular complexity index is 154. The summed E-state index contributed by atoms with van der Waals surface area (Å²) < 4.78 is 0. The lowest BCUT2D eigenvalue weighted by Crippen LogP contribution is -2.66. The van der Waals surface area contributed by atoms with Gasteiger partial charge in [0, 0.05) is 5.41 Å². The van der Waals surface area contributed by atoms with Gasteiger partial charge in [0.05, 0.1) is 5.66 Å². The van der Waals surface area contributed by atoms with E-state index in [1.165, 1.54) is 0 Å². The second-order valence-corrected chi connectivity index (χ2v) is 5.22. The number of nitrogens with two attached hydrogens (primary N) is 2. The van der Waals surface area contributed by atoms with Crippen LogP contribution in [-0.4, -0.2) is 5.66 Å². The summed E-state index contributed by atoms with van der Waals surface area (Å²) in [6.07, 6.45) is 0. The van der Waals surface area contributed by atoms with Gasteiger partial charge in [-0.15, -0.1) is 0 Å². The molecule has 0 saturated heterocycles. The summed E-state index contributed by atoms with van der Waals surface area (Å²) in [7, 11) is 0. The molecule has 0 spiro atoms. The zero-order valence-corrected chi connectivity index (χ0v) is 9.15. The van der Waals surface area contributed by atoms with Gasteiger partial charge in [-0.1, -0.05) is 34.6 Å². The lowest BCUT2D eigenvalue weighted by Gasteiger charge is -2.49. The van der Waals surface area contributed by atoms with Gasteiger partial charge in [0.15, 0.2) is 0 Å². The fraction of sp³-hybridized carbons (Fsp3) is 1.00. The van der Waals surface area contributed by atoms with Gasteiger partial charge >= 0.3 is 0 Å². The summed E-state index contributed by atoms with van der Waals surface area (Å²) in [5.41, 5.74) is 8.20. The van der Waals surface area contributed by atoms with Crippen LogP contribution in [0, 0.1) is 10.8 Å². The molecule has 0 heterocycles. The number of nitrogens with one attached hydrogen (secondary N) is 1. The van der Waals surface area contributed by atoms with Crippen molar-refractivity contribution in [1.29, 1.82) is 0 Å². The van der Waals surface area contributed by atoms with Gasteiger partial charge in [-0.05, 0) is 12.3 Å². The third kappa shape index (κ3) is 1.79. The van der Waals surface area contributed by atoms with Crippen molar-refractivity contribution in [2.45, 2.75) is 47.2 Å². The van der Waals surface area contributed by atoms with Crippen molar-refractivity contribution < 1.29 is 0 Å². The van der Waals surface area contributed by atoms with Crippen LogP contribution in [0.5, 0.6) is 0 Å². The average molecular weight is 173 g/mol. The smallest absolute Gasteiger partial charge is 0.0817 e. The highest BCUT2D eigenvalue weighted by Crippen LogP contribution is 2.43. The van der Waals surface area contributed by atoms with E-state index in [0.29, 0.717) is 0 Å². The van der Waals surface area contributed by atoms with Crippen molar-refractivity contribution in [2.75, 3.05) is 0 Å². The molecule has 3 heteroatoms. The summed E-state index contributed by atoms with van der Waals surface area (Å²) >= 11 is 0. The van der Waals surface area contributed by atoms with E-state index >= 15 is 0 Å². The highest BCUT2D eigenvalue weighted by molar-refractivity contribution is 4.97. The van der Waals surface area contributed by atoms with Gasteiger partial charge in [0.25, 0.3) is 0 Å². The normalized spacial score (nSPS) is 19.0. The molecule has 0 aromatic heterocycles. The van der Waals surface area contributed by atoms with Crippen LogP contribution in [0.15, 0.2) is 0 Å². The van der Waals surface area contributed by atoms with Gasteiger partial charge in [0.1, 0.15) is 0 Å². The molecule has 5 N–H and O–H groups in total. The Labute approximate surface area is 75.9 Å². The predicted molar refractivity (Wildman–Crippen MR) is 53.2 cm³/mol. The van der Waals surface area contributed by atoms with Crippen LogP contribution in [-0.2, 0) is 0 Å². The highest BCUT2D eigenvalue weighted by atomic mass is 15.3. The first-order valence-corrected chi connectivity index (χ1v) is 4.33. The van der Waals surface area contributed by atoms with Gasteiger partial charge in [-0.3, -0.25) is 5.84 Å². The van der Waals surface area contributed by atoms with E-state index in [1.54, 1.807) is 0 Å². The Morgan fingerprint density at radius 3 is 1.33 bits per heavy atom. The van der Waals surface area contributed by atoms with E-state index in [-0.39, 0.29) is 10.8 Å². The van der Waals surface area contributed by atoms with Gasteiger partial charge < -0.3 is 5.73 Å². The number of hydrogen-bond acceptors (Lipinski definition) is 3. The molecule has 0 aromatic rings. The molecule has 0 aliphatic heterocycles. The van der Waals surface area contributed by atoms with E-state index in [0.717, 1.165) is 0 Å². The Morgan fingerprint density at radius 1 is 0.917 bits per heavy atom. The van der Waals surface area contributed by atoms with E-state index in [9.17, 15) is 0 Å². The molecule has 1 atom stereocenters. The SMILES string of the molecule is CC(C)(C)C(C)(C)C(C)(N)NN. The maximum absolute atomic E-state index is 6.04. The van der Waals surface area contributed by atoms with Crippen molar-refractivity contribution >= 4 is 0 Å². The zero-order chi connectivity index (χ0) is 10.2. The summed E-state index contributed by atoms with van der Waals surface area (Å²) in [5.74, 6) is 5.41. The Morgan fingerprint density at radius 2 is 1.25 bits per heavy atom. The summed E-state index contributed by atoms with van der Waals surface area (Å²) in [6.45, 7) is 12.6. The molecule has 0 radical (unpaired) electrons. The molecular formula is C9H23N3. The first-order chi connectivity index (χ1) is 5.06. The monoisotopic (exact) mass is 173 g/mol. The largest absolute Gasteiger partial charge is 0.312 e. The minimum Gasteiger partial charge on any atom is -0.312 e. The van der Waals surface area contributed by atoms with Gasteiger partial charge in [-0.25, -0.2) is 5.43 Å². The van der Waals surface area contributed by atoms with E-state index in [1.807, 2.05) is 6.92 Å². The maximum Gasteiger partial charge on any atom is 0.0817 e. The second kappa shape index (κ2) is 2.98. The Kier molecular flexibility index (Phi) is 2.95. The topological polar surface area (TPSA) is 64.1 Å². The lowest BCUT2D eigenvalue weighted by molar-refractivity contribution is 0.0198. The second-order valence-electron chi connectivity index (χ2n) is 5.22. The fourth-order valence-corrected chi connectivity index (χ4v) is 0.959. The summed E-state index contributed by atoms with van der Waals surface area (Å²) in [5, 5.41) is 0. The molecule has 0 aromatic carbocycles. The number of hydrazine groups is 1. The van der Waals surface area contributed by atoms with Crippen LogP contribution >= 0.6 is 0 Å². The molecule has 0 fully saturated rings. The van der Waals surface area contributed by atoms with E-state index in [2.05, 4.69) is 40.0 Å². The number of hydrogen-bond donors (Lipinski definition) is 3. The van der Waals surface area contributed by atoms with Crippen molar-refractivity contribution in [1.82, 2.24) is 5.43 Å². The first kappa shape index (κ1) is 11.9. The Hall–Kier alpha value is -0.120. The molecule has 3 nitrogen and oxygen atoms in total. The van der Waals surface area contributed by atoms with Crippen LogP contribution in [0.4, 0.5) is 0 Å². The molecule has 0 rings (SSSR count). The minimum atomic E-state index is -0.550. The van der Waals surface area contributed by atoms with Crippen molar-refractivity contribution in [3.63, 3.8) is 0 Å². The molecule has 74 valence electrons. The molecule has 12 heavy (non-hydrogen) atoms. The van der Waals surface area contributed by atoms with Crippen LogP contribution < -0.4 is 17.0 Å². The standard InChI is InChI=1S/C9H23N3/c1-7(2,3)8(4,5)9(6,10)12-11/h12H,10-11H2,1-6H3. The van der Waals surface area contributed by atoms with E-state index < -0.39 is 5.66 Å². The quantitative estimate of drug-likeness (QED) is 0.334. The van der Waals surface area contributed by atoms with Crippen molar-refractivity contribution in [2.24, 2.45) is 22.4 Å². The highest BCUT2D eigenvalue weighted by Gasteiger charge is 2.45. The molecule has 0 aliphatic carbocycles. The molecule has 0 saturated carbocycles.